The minimum Gasteiger partial charge on any atom is -0.464 e. The smallest absolute Gasteiger partial charge is 0.134 e. The molecule has 3 N–H and O–H groups in total. The van der Waals surface area contributed by atoms with Crippen molar-refractivity contribution >= 4 is 11.0 Å². The van der Waals surface area contributed by atoms with E-state index in [2.05, 4.69) is 29.9 Å². The summed E-state index contributed by atoms with van der Waals surface area (Å²) in [4.78, 5) is 7.92. The van der Waals surface area contributed by atoms with E-state index in [9.17, 15) is 0 Å². The van der Waals surface area contributed by atoms with Crippen molar-refractivity contribution in [3.8, 4) is 11.3 Å². The van der Waals surface area contributed by atoms with Crippen LogP contribution in [-0.4, -0.2) is 16.5 Å². The summed E-state index contributed by atoms with van der Waals surface area (Å²) in [6.07, 6.45) is 4.54. The summed E-state index contributed by atoms with van der Waals surface area (Å²) in [6, 6.07) is 8.00. The molecule has 0 radical (unpaired) electrons. The first-order valence-corrected chi connectivity index (χ1v) is 6.84. The number of imidazole rings is 1. The van der Waals surface area contributed by atoms with E-state index < -0.39 is 0 Å². The third-order valence-electron chi connectivity index (χ3n) is 3.76. The van der Waals surface area contributed by atoms with Gasteiger partial charge < -0.3 is 15.1 Å². The Bertz CT molecular complexity index is 724. The molecule has 3 rings (SSSR count). The molecule has 2 heterocycles. The van der Waals surface area contributed by atoms with Crippen LogP contribution in [0, 0.1) is 0 Å². The molecule has 1 aromatic carbocycles. The number of hydrogen-bond acceptors (Lipinski definition) is 3. The van der Waals surface area contributed by atoms with Crippen LogP contribution in [0.15, 0.2) is 41.1 Å². The molecule has 0 unspecified atom stereocenters. The molecule has 0 fully saturated rings. The number of fused-ring (bicyclic) bond motifs is 1. The van der Waals surface area contributed by atoms with Gasteiger partial charge in [0.05, 0.1) is 11.9 Å². The Kier molecular flexibility index (Phi) is 3.10. The molecule has 0 atom stereocenters. The minimum atomic E-state index is -0.0491. The standard InChI is InChI=1S/C16H19N3O/c1-16(2,7-8-17)15-18-9-13(19-15)12-10-20-14-6-4-3-5-11(12)14/h3-6,9-10H,7-8,17H2,1-2H3,(H,18,19). The molecule has 4 nitrogen and oxygen atoms in total. The second-order valence-electron chi connectivity index (χ2n) is 5.71. The maximum absolute atomic E-state index is 5.67. The van der Waals surface area contributed by atoms with Gasteiger partial charge in [-0.1, -0.05) is 32.0 Å². The van der Waals surface area contributed by atoms with Crippen LogP contribution in [-0.2, 0) is 5.41 Å². The number of benzene rings is 1. The van der Waals surface area contributed by atoms with Crippen LogP contribution in [0.2, 0.25) is 0 Å². The van der Waals surface area contributed by atoms with E-state index in [1.807, 2.05) is 24.4 Å². The fourth-order valence-electron chi connectivity index (χ4n) is 2.47. The molecule has 0 aliphatic heterocycles. The quantitative estimate of drug-likeness (QED) is 0.762. The van der Waals surface area contributed by atoms with E-state index in [4.69, 9.17) is 10.2 Å². The summed E-state index contributed by atoms with van der Waals surface area (Å²) in [5, 5.41) is 1.10. The number of para-hydroxylation sites is 1. The molecule has 0 amide bonds. The van der Waals surface area contributed by atoms with E-state index in [0.29, 0.717) is 6.54 Å². The van der Waals surface area contributed by atoms with Gasteiger partial charge in [0.2, 0.25) is 0 Å². The summed E-state index contributed by atoms with van der Waals surface area (Å²) < 4.78 is 5.58. The highest BCUT2D eigenvalue weighted by Gasteiger charge is 2.23. The van der Waals surface area contributed by atoms with Gasteiger partial charge in [-0.2, -0.15) is 0 Å². The SMILES string of the molecule is CC(C)(CCN)c1ncc(-c2coc3ccccc23)[nH]1. The molecule has 0 saturated heterocycles. The number of rotatable bonds is 4. The van der Waals surface area contributed by atoms with E-state index in [1.54, 1.807) is 6.26 Å². The number of furan rings is 1. The highest BCUT2D eigenvalue weighted by Crippen LogP contribution is 2.31. The average molecular weight is 269 g/mol. The van der Waals surface area contributed by atoms with Crippen molar-refractivity contribution in [3.05, 3.63) is 42.5 Å². The molecular weight excluding hydrogens is 250 g/mol. The van der Waals surface area contributed by atoms with Gasteiger partial charge >= 0.3 is 0 Å². The highest BCUT2D eigenvalue weighted by molar-refractivity contribution is 5.92. The molecule has 2 aromatic heterocycles. The van der Waals surface area contributed by atoms with Gasteiger partial charge in [0.15, 0.2) is 0 Å². The lowest BCUT2D eigenvalue weighted by atomic mass is 9.88. The monoisotopic (exact) mass is 269 g/mol. The number of H-pyrrole nitrogens is 1. The van der Waals surface area contributed by atoms with Crippen molar-refractivity contribution in [2.24, 2.45) is 5.73 Å². The van der Waals surface area contributed by atoms with Gasteiger partial charge in [0.25, 0.3) is 0 Å². The maximum atomic E-state index is 5.67. The highest BCUT2D eigenvalue weighted by atomic mass is 16.3. The Hall–Kier alpha value is -2.07. The van der Waals surface area contributed by atoms with E-state index in [0.717, 1.165) is 34.5 Å². The van der Waals surface area contributed by atoms with Crippen LogP contribution < -0.4 is 5.73 Å². The van der Waals surface area contributed by atoms with Crippen LogP contribution >= 0.6 is 0 Å². The lowest BCUT2D eigenvalue weighted by Gasteiger charge is -2.20. The first kappa shape index (κ1) is 12.9. The van der Waals surface area contributed by atoms with E-state index >= 15 is 0 Å². The van der Waals surface area contributed by atoms with Crippen molar-refractivity contribution in [2.75, 3.05) is 6.54 Å². The summed E-state index contributed by atoms with van der Waals surface area (Å²) in [6.45, 7) is 4.95. The Balaban J connectivity index is 2.02. The van der Waals surface area contributed by atoms with E-state index in [-0.39, 0.29) is 5.41 Å². The Morgan fingerprint density at radius 2 is 2.10 bits per heavy atom. The first-order chi connectivity index (χ1) is 9.62. The zero-order valence-electron chi connectivity index (χ0n) is 11.8. The topological polar surface area (TPSA) is 67.8 Å². The van der Waals surface area contributed by atoms with Crippen molar-refractivity contribution in [3.63, 3.8) is 0 Å². The zero-order valence-corrected chi connectivity index (χ0v) is 11.8. The number of nitrogens with zero attached hydrogens (tertiary/aromatic N) is 1. The number of nitrogens with two attached hydrogens (primary N) is 1. The third kappa shape index (κ3) is 2.12. The molecule has 0 spiro atoms. The molecule has 0 aliphatic rings. The fourth-order valence-corrected chi connectivity index (χ4v) is 2.47. The van der Waals surface area contributed by atoms with Crippen LogP contribution in [0.4, 0.5) is 0 Å². The predicted molar refractivity (Wildman–Crippen MR) is 80.5 cm³/mol. The molecular formula is C16H19N3O. The molecule has 4 heteroatoms. The van der Waals surface area contributed by atoms with Crippen LogP contribution in [0.5, 0.6) is 0 Å². The van der Waals surface area contributed by atoms with Crippen LogP contribution in [0.1, 0.15) is 26.1 Å². The lowest BCUT2D eigenvalue weighted by Crippen LogP contribution is -2.23. The molecule has 20 heavy (non-hydrogen) atoms. The Labute approximate surface area is 118 Å². The summed E-state index contributed by atoms with van der Waals surface area (Å²) >= 11 is 0. The van der Waals surface area contributed by atoms with Gasteiger partial charge in [-0.25, -0.2) is 4.98 Å². The van der Waals surface area contributed by atoms with Gasteiger partial charge in [-0.15, -0.1) is 0 Å². The molecule has 3 aromatic rings. The normalized spacial score (nSPS) is 12.2. The first-order valence-electron chi connectivity index (χ1n) is 6.84. The molecule has 0 saturated carbocycles. The van der Waals surface area contributed by atoms with Crippen molar-refractivity contribution in [2.45, 2.75) is 25.7 Å². The number of aromatic nitrogens is 2. The minimum absolute atomic E-state index is 0.0491. The largest absolute Gasteiger partial charge is 0.464 e. The molecule has 0 aliphatic carbocycles. The Morgan fingerprint density at radius 1 is 1.30 bits per heavy atom. The van der Waals surface area contributed by atoms with Gasteiger partial charge in [0.1, 0.15) is 17.7 Å². The fraction of sp³-hybridized carbons (Fsp3) is 0.312. The molecule has 104 valence electrons. The maximum Gasteiger partial charge on any atom is 0.134 e. The summed E-state index contributed by atoms with van der Waals surface area (Å²) in [5.74, 6) is 0.961. The predicted octanol–water partition coefficient (Wildman–Crippen LogP) is 3.45. The third-order valence-corrected chi connectivity index (χ3v) is 3.76. The van der Waals surface area contributed by atoms with Crippen LogP contribution in [0.3, 0.4) is 0 Å². The van der Waals surface area contributed by atoms with Crippen LogP contribution in [0.25, 0.3) is 22.2 Å². The van der Waals surface area contributed by atoms with Crippen molar-refractivity contribution < 1.29 is 4.42 Å². The number of nitrogens with one attached hydrogen (secondary N) is 1. The molecule has 0 bridgehead atoms. The second kappa shape index (κ2) is 4.80. The van der Waals surface area contributed by atoms with Crippen molar-refractivity contribution in [1.82, 2.24) is 9.97 Å². The summed E-state index contributed by atoms with van der Waals surface area (Å²) in [7, 11) is 0. The number of aromatic amines is 1. The second-order valence-corrected chi connectivity index (χ2v) is 5.71. The summed E-state index contributed by atoms with van der Waals surface area (Å²) in [5.41, 5.74) is 8.54. The average Bonchev–Trinajstić information content (AvgIpc) is 3.05. The van der Waals surface area contributed by atoms with Crippen molar-refractivity contribution in [1.29, 1.82) is 0 Å². The van der Waals surface area contributed by atoms with Gasteiger partial charge in [0, 0.05) is 16.4 Å². The van der Waals surface area contributed by atoms with Gasteiger partial charge in [-0.05, 0) is 19.0 Å². The van der Waals surface area contributed by atoms with Gasteiger partial charge in [-0.3, -0.25) is 0 Å². The zero-order chi connectivity index (χ0) is 14.2. The number of hydrogen-bond donors (Lipinski definition) is 2. The van der Waals surface area contributed by atoms with E-state index in [1.165, 1.54) is 0 Å². The Morgan fingerprint density at radius 3 is 2.90 bits per heavy atom. The lowest BCUT2D eigenvalue weighted by molar-refractivity contribution is 0.462.